The van der Waals surface area contributed by atoms with Gasteiger partial charge in [-0.25, -0.2) is 13.2 Å². The number of nitriles is 1. The van der Waals surface area contributed by atoms with Crippen LogP contribution in [0.2, 0.25) is 5.02 Å². The normalized spacial score (nSPS) is 24.0. The van der Waals surface area contributed by atoms with Gasteiger partial charge in [0.1, 0.15) is 35.6 Å². The number of hydrogen-bond acceptors (Lipinski definition) is 8. The zero-order chi connectivity index (χ0) is 29.7. The second kappa shape index (κ2) is 11.1. The molecule has 3 aliphatic rings. The number of ether oxygens (including phenoxy) is 1. The van der Waals surface area contributed by atoms with Gasteiger partial charge in [-0.15, -0.1) is 0 Å². The van der Waals surface area contributed by atoms with Crippen LogP contribution in [0, 0.1) is 23.0 Å². The van der Waals surface area contributed by atoms with Gasteiger partial charge in [-0.05, 0) is 30.8 Å². The number of rotatable bonds is 6. The van der Waals surface area contributed by atoms with E-state index in [0.29, 0.717) is 66.6 Å². The fourth-order valence-corrected chi connectivity index (χ4v) is 7.21. The van der Waals surface area contributed by atoms with Gasteiger partial charge >= 0.3 is 6.01 Å². The molecule has 222 valence electrons. The number of piperazine rings is 1. The minimum atomic E-state index is -0.918. The Balaban J connectivity index is 1.35. The highest BCUT2D eigenvalue weighted by Gasteiger charge is 2.49. The van der Waals surface area contributed by atoms with E-state index in [1.165, 1.54) is 12.3 Å². The summed E-state index contributed by atoms with van der Waals surface area (Å²) >= 11 is 6.36. The molecule has 0 saturated carbocycles. The maximum Gasteiger partial charge on any atom is 0.319 e. The van der Waals surface area contributed by atoms with Crippen LogP contribution in [0.15, 0.2) is 36.5 Å². The van der Waals surface area contributed by atoms with Crippen LogP contribution in [0.3, 0.4) is 0 Å². The van der Waals surface area contributed by atoms with E-state index in [0.717, 1.165) is 19.4 Å². The fraction of sp³-hybridized carbons (Fsp3) is 0.419. The number of nitrogens with one attached hydrogen (secondary N) is 1. The quantitative estimate of drug-likeness (QED) is 0.311. The number of pyridine rings is 1. The lowest BCUT2D eigenvalue weighted by Gasteiger charge is -2.34. The van der Waals surface area contributed by atoms with Crippen molar-refractivity contribution in [1.82, 2.24) is 25.2 Å². The van der Waals surface area contributed by atoms with E-state index in [2.05, 4.69) is 26.3 Å². The first-order valence-electron chi connectivity index (χ1n) is 14.5. The summed E-state index contributed by atoms with van der Waals surface area (Å²) in [6.07, 6.45) is 3.05. The summed E-state index contributed by atoms with van der Waals surface area (Å²) in [6, 6.07) is 10.1. The molecule has 0 aliphatic carbocycles. The number of benzene rings is 2. The van der Waals surface area contributed by atoms with Gasteiger partial charge < -0.3 is 15.0 Å². The molecule has 2 aromatic heterocycles. The summed E-state index contributed by atoms with van der Waals surface area (Å²) in [7, 11) is 0. The Bertz CT molecular complexity index is 1770. The average molecular weight is 608 g/mol. The van der Waals surface area contributed by atoms with Crippen molar-refractivity contribution in [3.8, 4) is 23.3 Å². The molecule has 1 N–H and O–H groups in total. The van der Waals surface area contributed by atoms with E-state index in [4.69, 9.17) is 21.3 Å². The van der Waals surface area contributed by atoms with Gasteiger partial charge in [0.05, 0.1) is 28.4 Å². The molecule has 0 radical (unpaired) electrons. The predicted octanol–water partition coefficient (Wildman–Crippen LogP) is 5.42. The molecular formula is C31H29ClF3N7O. The number of aromatic nitrogens is 3. The first-order valence-corrected chi connectivity index (χ1v) is 14.9. The van der Waals surface area contributed by atoms with E-state index < -0.39 is 23.3 Å². The van der Waals surface area contributed by atoms with E-state index >= 15 is 4.39 Å². The van der Waals surface area contributed by atoms with Crippen LogP contribution in [-0.2, 0) is 0 Å². The minimum absolute atomic E-state index is 0.000428. The van der Waals surface area contributed by atoms with Crippen LogP contribution in [-0.4, -0.2) is 76.9 Å². The molecule has 3 aliphatic heterocycles. The lowest BCUT2D eigenvalue weighted by molar-refractivity contribution is 0.107. The Morgan fingerprint density at radius 2 is 2.05 bits per heavy atom. The molecule has 0 spiro atoms. The van der Waals surface area contributed by atoms with E-state index in [-0.39, 0.29) is 34.9 Å². The average Bonchev–Trinajstić information content (AvgIpc) is 3.54. The van der Waals surface area contributed by atoms with Crippen LogP contribution >= 0.6 is 11.6 Å². The summed E-state index contributed by atoms with van der Waals surface area (Å²) < 4.78 is 51.6. The highest BCUT2D eigenvalue weighted by Crippen LogP contribution is 2.41. The van der Waals surface area contributed by atoms with Crippen molar-refractivity contribution in [2.45, 2.75) is 43.4 Å². The van der Waals surface area contributed by atoms with Gasteiger partial charge in [0.15, 0.2) is 5.82 Å². The topological polar surface area (TPSA) is 90.2 Å². The predicted molar refractivity (Wildman–Crippen MR) is 158 cm³/mol. The Kier molecular flexibility index (Phi) is 7.24. The van der Waals surface area contributed by atoms with Gasteiger partial charge in [-0.3, -0.25) is 9.88 Å². The van der Waals surface area contributed by atoms with Crippen molar-refractivity contribution in [3.05, 3.63) is 53.2 Å². The molecule has 8 nitrogen and oxygen atoms in total. The summed E-state index contributed by atoms with van der Waals surface area (Å²) in [5, 5.41) is 13.9. The van der Waals surface area contributed by atoms with Crippen LogP contribution < -0.4 is 15.0 Å². The van der Waals surface area contributed by atoms with Crippen LogP contribution in [0.25, 0.3) is 32.9 Å². The molecule has 0 bridgehead atoms. The highest BCUT2D eigenvalue weighted by molar-refractivity contribution is 6.36. The Morgan fingerprint density at radius 3 is 2.91 bits per heavy atom. The van der Waals surface area contributed by atoms with Gasteiger partial charge in [-0.1, -0.05) is 35.9 Å². The molecule has 43 heavy (non-hydrogen) atoms. The summed E-state index contributed by atoms with van der Waals surface area (Å²) in [6.45, 7) is 3.03. The van der Waals surface area contributed by atoms with Crippen molar-refractivity contribution in [2.75, 3.05) is 44.2 Å². The van der Waals surface area contributed by atoms with Crippen LogP contribution in [0.4, 0.5) is 19.0 Å². The maximum absolute atomic E-state index is 16.6. The number of fused-ring (bicyclic) bond motifs is 3. The van der Waals surface area contributed by atoms with E-state index in [1.807, 2.05) is 4.90 Å². The molecule has 3 atom stereocenters. The Labute approximate surface area is 251 Å². The largest absolute Gasteiger partial charge is 0.461 e. The first-order chi connectivity index (χ1) is 20.9. The fourth-order valence-electron chi connectivity index (χ4n) is 6.93. The minimum Gasteiger partial charge on any atom is -0.461 e. The van der Waals surface area contributed by atoms with Crippen LogP contribution in [0.5, 0.6) is 6.01 Å². The second-order valence-electron chi connectivity index (χ2n) is 11.6. The van der Waals surface area contributed by atoms with Gasteiger partial charge in [0, 0.05) is 55.8 Å². The zero-order valence-corrected chi connectivity index (χ0v) is 24.0. The third-order valence-corrected chi connectivity index (χ3v) is 9.33. The number of alkyl halides is 1. The van der Waals surface area contributed by atoms with Crippen molar-refractivity contribution >= 4 is 39.1 Å². The van der Waals surface area contributed by atoms with Gasteiger partial charge in [-0.2, -0.15) is 15.2 Å². The molecule has 7 rings (SSSR count). The van der Waals surface area contributed by atoms with Crippen molar-refractivity contribution in [3.63, 3.8) is 0 Å². The third-order valence-electron chi connectivity index (χ3n) is 8.96. The van der Waals surface area contributed by atoms with E-state index in [9.17, 15) is 14.0 Å². The molecular weight excluding hydrogens is 579 g/mol. The summed E-state index contributed by atoms with van der Waals surface area (Å²) in [4.78, 5) is 17.8. The molecule has 5 heterocycles. The highest BCUT2D eigenvalue weighted by atomic mass is 35.5. The SMILES string of the molecule is N#CC[C@H]1CN(c2nc(OC[C@@]34CCCN3C[C@H](F)C4)nc3c(F)c(-c4cccc5ccc(F)c(Cl)c45)ncc23)CCN1. The number of anilines is 1. The number of halogens is 4. The van der Waals surface area contributed by atoms with Gasteiger partial charge in [0.25, 0.3) is 0 Å². The molecule has 4 aromatic rings. The second-order valence-corrected chi connectivity index (χ2v) is 12.0. The van der Waals surface area contributed by atoms with Gasteiger partial charge in [0.2, 0.25) is 0 Å². The first kappa shape index (κ1) is 28.1. The van der Waals surface area contributed by atoms with Crippen molar-refractivity contribution in [1.29, 1.82) is 5.26 Å². The third kappa shape index (κ3) is 4.91. The standard InChI is InChI=1S/C31H29ClF3N7O/c32-25-23(34)6-5-18-3-1-4-21(24(18)25)27-26(35)28-22(14-38-27)29(41-12-10-37-20(16-41)7-9-36)40-30(39-28)43-17-31-8-2-11-42(31)15-19(33)13-31/h1,3-6,14,19-20,37H,2,7-8,10-13,15-17H2/t19-,20+,31+/m1/s1. The van der Waals surface area contributed by atoms with E-state index in [1.54, 1.807) is 24.3 Å². The molecule has 3 fully saturated rings. The Morgan fingerprint density at radius 1 is 1.16 bits per heavy atom. The molecule has 0 amide bonds. The lowest BCUT2D eigenvalue weighted by Crippen LogP contribution is -2.51. The number of nitrogens with zero attached hydrogens (tertiary/aromatic N) is 6. The summed E-state index contributed by atoms with van der Waals surface area (Å²) in [5.41, 5.74) is -0.127. The summed E-state index contributed by atoms with van der Waals surface area (Å²) in [5.74, 6) is -0.885. The molecule has 3 saturated heterocycles. The molecule has 12 heteroatoms. The monoisotopic (exact) mass is 607 g/mol. The number of hydrogen-bond donors (Lipinski definition) is 1. The van der Waals surface area contributed by atoms with Crippen LogP contribution in [0.1, 0.15) is 25.7 Å². The molecule has 0 unspecified atom stereocenters. The Hall–Kier alpha value is -3.72. The molecule has 2 aromatic carbocycles. The lowest BCUT2D eigenvalue weighted by atomic mass is 9.95. The van der Waals surface area contributed by atoms with Crippen molar-refractivity contribution in [2.24, 2.45) is 0 Å². The van der Waals surface area contributed by atoms with Crippen molar-refractivity contribution < 1.29 is 17.9 Å². The smallest absolute Gasteiger partial charge is 0.319 e. The maximum atomic E-state index is 16.6. The zero-order valence-electron chi connectivity index (χ0n) is 23.3.